The lowest BCUT2D eigenvalue weighted by Gasteiger charge is -2.04. The molecule has 0 radical (unpaired) electrons. The fourth-order valence-corrected chi connectivity index (χ4v) is 4.17. The van der Waals surface area contributed by atoms with Gasteiger partial charge in [-0.1, -0.05) is 35.2 Å². The molecule has 1 amide bonds. The van der Waals surface area contributed by atoms with Crippen molar-refractivity contribution >= 4 is 44.4 Å². The molecule has 10 nitrogen and oxygen atoms in total. The molecule has 12 heteroatoms. The van der Waals surface area contributed by atoms with Crippen molar-refractivity contribution in [2.75, 3.05) is 11.1 Å². The Bertz CT molecular complexity index is 1320. The van der Waals surface area contributed by atoms with Crippen LogP contribution in [-0.2, 0) is 18.3 Å². The van der Waals surface area contributed by atoms with Crippen molar-refractivity contribution < 1.29 is 9.21 Å². The van der Waals surface area contributed by atoms with E-state index in [0.29, 0.717) is 16.4 Å². The maximum Gasteiger partial charge on any atom is 0.328 e. The van der Waals surface area contributed by atoms with Gasteiger partial charge in [-0.3, -0.25) is 14.2 Å². The van der Waals surface area contributed by atoms with Crippen LogP contribution >= 0.6 is 23.1 Å². The molecule has 0 saturated carbocycles. The predicted molar refractivity (Wildman–Crippen MR) is 113 cm³/mol. The summed E-state index contributed by atoms with van der Waals surface area (Å²) in [5.41, 5.74) is 0.744. The van der Waals surface area contributed by atoms with Gasteiger partial charge in [-0.05, 0) is 19.1 Å². The summed E-state index contributed by atoms with van der Waals surface area (Å²) in [5.74, 6) is 0.0391. The highest BCUT2D eigenvalue weighted by atomic mass is 32.2. The monoisotopic (exact) mass is 444 g/mol. The number of carbonyl (C=O) groups excluding carboxylic acids is 1. The second-order valence-corrected chi connectivity index (χ2v) is 8.32. The Hall–Kier alpha value is -3.25. The minimum absolute atomic E-state index is 0.0665. The summed E-state index contributed by atoms with van der Waals surface area (Å²) in [6.07, 6.45) is 0.0841. The van der Waals surface area contributed by atoms with Crippen molar-refractivity contribution in [2.45, 2.75) is 18.6 Å². The number of rotatable bonds is 6. The summed E-state index contributed by atoms with van der Waals surface area (Å²) in [6, 6.07) is 7.63. The zero-order valence-corrected chi connectivity index (χ0v) is 17.6. The van der Waals surface area contributed by atoms with E-state index in [0.717, 1.165) is 26.5 Å². The van der Waals surface area contributed by atoms with Crippen molar-refractivity contribution in [3.63, 3.8) is 0 Å². The summed E-state index contributed by atoms with van der Waals surface area (Å²) >= 11 is 2.48. The number of aromatic amines is 1. The molecule has 2 N–H and O–H groups in total. The number of hydrogen-bond acceptors (Lipinski definition) is 9. The molecule has 4 rings (SSSR count). The maximum atomic E-state index is 12.3. The fraction of sp³-hybridized carbons (Fsp3) is 0.222. The zero-order valence-electron chi connectivity index (χ0n) is 16.0. The number of benzene rings is 1. The first kappa shape index (κ1) is 20.0. The lowest BCUT2D eigenvalue weighted by molar-refractivity contribution is -0.113. The summed E-state index contributed by atoms with van der Waals surface area (Å²) < 4.78 is 7.50. The van der Waals surface area contributed by atoms with Gasteiger partial charge >= 0.3 is 5.69 Å². The quantitative estimate of drug-likeness (QED) is 0.429. The van der Waals surface area contributed by atoms with Crippen LogP contribution < -0.4 is 16.6 Å². The number of nitrogens with zero attached hydrogens (tertiary/aromatic N) is 4. The number of para-hydroxylation sites is 1. The average molecular weight is 444 g/mol. The van der Waals surface area contributed by atoms with Crippen LogP contribution in [0.2, 0.25) is 0 Å². The molecular weight excluding hydrogens is 428 g/mol. The number of amides is 1. The number of fused-ring (bicyclic) bond motifs is 1. The minimum Gasteiger partial charge on any atom is -0.416 e. The number of thioether (sulfide) groups is 1. The highest BCUT2D eigenvalue weighted by Gasteiger charge is 2.15. The van der Waals surface area contributed by atoms with Gasteiger partial charge in [-0.25, -0.2) is 9.78 Å². The smallest absolute Gasteiger partial charge is 0.328 e. The van der Waals surface area contributed by atoms with Crippen LogP contribution in [0.5, 0.6) is 0 Å². The van der Waals surface area contributed by atoms with Crippen LogP contribution in [0.25, 0.3) is 10.2 Å². The molecule has 0 atom stereocenters. The molecule has 0 fully saturated rings. The Morgan fingerprint density at radius 3 is 2.90 bits per heavy atom. The van der Waals surface area contributed by atoms with E-state index < -0.39 is 11.2 Å². The zero-order chi connectivity index (χ0) is 21.3. The van der Waals surface area contributed by atoms with E-state index in [-0.39, 0.29) is 29.2 Å². The van der Waals surface area contributed by atoms with Crippen LogP contribution in [0.4, 0.5) is 5.13 Å². The van der Waals surface area contributed by atoms with Gasteiger partial charge in [0.25, 0.3) is 10.8 Å². The fourth-order valence-electron chi connectivity index (χ4n) is 2.71. The predicted octanol–water partition coefficient (Wildman–Crippen LogP) is 1.70. The number of carbonyl (C=O) groups is 1. The van der Waals surface area contributed by atoms with Crippen LogP contribution in [0.3, 0.4) is 0 Å². The van der Waals surface area contributed by atoms with Gasteiger partial charge < -0.3 is 14.7 Å². The van der Waals surface area contributed by atoms with E-state index in [4.69, 9.17) is 4.42 Å². The number of anilines is 1. The Balaban J connectivity index is 1.38. The molecule has 0 spiro atoms. The van der Waals surface area contributed by atoms with Gasteiger partial charge in [0, 0.05) is 18.3 Å². The van der Waals surface area contributed by atoms with Crippen molar-refractivity contribution in [1.29, 1.82) is 0 Å². The number of aromatic nitrogens is 5. The molecule has 154 valence electrons. The van der Waals surface area contributed by atoms with Crippen LogP contribution in [0, 0.1) is 6.92 Å². The first-order chi connectivity index (χ1) is 14.4. The van der Waals surface area contributed by atoms with E-state index in [9.17, 15) is 14.4 Å². The third kappa shape index (κ3) is 4.19. The first-order valence-electron chi connectivity index (χ1n) is 8.80. The highest BCUT2D eigenvalue weighted by molar-refractivity contribution is 7.99. The topological polar surface area (TPSA) is 136 Å². The molecule has 0 saturated heterocycles. The van der Waals surface area contributed by atoms with Crippen molar-refractivity contribution in [2.24, 2.45) is 7.05 Å². The molecule has 0 aliphatic heterocycles. The molecule has 3 heterocycles. The minimum atomic E-state index is -0.484. The average Bonchev–Trinajstić information content (AvgIpc) is 3.34. The summed E-state index contributed by atoms with van der Waals surface area (Å²) in [6.45, 7) is 1.64. The number of aryl methyl sites for hydroxylation is 1. The summed E-state index contributed by atoms with van der Waals surface area (Å²) in [4.78, 5) is 43.0. The normalized spacial score (nSPS) is 11.1. The Morgan fingerprint density at radius 1 is 1.30 bits per heavy atom. The highest BCUT2D eigenvalue weighted by Crippen LogP contribution is 2.26. The van der Waals surface area contributed by atoms with E-state index >= 15 is 0 Å². The van der Waals surface area contributed by atoms with Gasteiger partial charge in [0.2, 0.25) is 11.8 Å². The van der Waals surface area contributed by atoms with Crippen molar-refractivity contribution in [3.8, 4) is 0 Å². The summed E-state index contributed by atoms with van der Waals surface area (Å²) in [7, 11) is 1.39. The first-order valence-corrected chi connectivity index (χ1v) is 10.6. The van der Waals surface area contributed by atoms with Gasteiger partial charge in [0.1, 0.15) is 0 Å². The lowest BCUT2D eigenvalue weighted by atomic mass is 10.2. The van der Waals surface area contributed by atoms with E-state index in [2.05, 4.69) is 25.5 Å². The van der Waals surface area contributed by atoms with Gasteiger partial charge in [0.15, 0.2) is 5.13 Å². The van der Waals surface area contributed by atoms with Crippen LogP contribution in [0.1, 0.15) is 17.1 Å². The Labute approximate surface area is 177 Å². The molecule has 0 aliphatic carbocycles. The second-order valence-electron chi connectivity index (χ2n) is 6.36. The standard InChI is InChI=1S/C18H16N6O4S2/c1-9-10(15(26)24(2)17(27)19-9)7-14-22-23-18(28-14)29-8-13(25)21-16-20-11-5-3-4-6-12(11)30-16/h3-6H,7-8H2,1-2H3,(H,19,27)(H,20,21,25). The second kappa shape index (κ2) is 8.24. The largest absolute Gasteiger partial charge is 0.416 e. The van der Waals surface area contributed by atoms with E-state index in [1.165, 1.54) is 18.4 Å². The third-order valence-corrected chi connectivity index (χ3v) is 6.03. The maximum absolute atomic E-state index is 12.3. The number of H-pyrrole nitrogens is 1. The summed E-state index contributed by atoms with van der Waals surface area (Å²) in [5, 5.41) is 11.3. The molecule has 30 heavy (non-hydrogen) atoms. The van der Waals surface area contributed by atoms with Crippen molar-refractivity contribution in [3.05, 3.63) is 62.3 Å². The van der Waals surface area contributed by atoms with Gasteiger partial charge in [-0.2, -0.15) is 0 Å². The number of hydrogen-bond donors (Lipinski definition) is 2. The Kier molecular flexibility index (Phi) is 5.50. The molecule has 4 aromatic rings. The van der Waals surface area contributed by atoms with E-state index in [1.54, 1.807) is 6.92 Å². The molecular formula is C18H16N6O4S2. The SMILES string of the molecule is Cc1[nH]c(=O)n(C)c(=O)c1Cc1nnc(SCC(=O)Nc2nc3ccccc3s2)o1. The Morgan fingerprint density at radius 2 is 2.10 bits per heavy atom. The molecule has 3 aromatic heterocycles. The van der Waals surface area contributed by atoms with Gasteiger partial charge in [0.05, 0.1) is 22.4 Å². The number of thiazole rings is 1. The molecule has 1 aromatic carbocycles. The van der Waals surface area contributed by atoms with Crippen LogP contribution in [-0.4, -0.2) is 36.4 Å². The lowest BCUT2D eigenvalue weighted by Crippen LogP contribution is -2.36. The molecule has 0 bridgehead atoms. The van der Waals surface area contributed by atoms with Gasteiger partial charge in [-0.15, -0.1) is 10.2 Å². The third-order valence-electron chi connectivity index (χ3n) is 4.26. The molecule has 0 unspecified atom stereocenters. The van der Waals surface area contributed by atoms with Crippen LogP contribution in [0.15, 0.2) is 43.5 Å². The molecule has 0 aliphatic rings. The van der Waals surface area contributed by atoms with E-state index in [1.807, 2.05) is 24.3 Å². The van der Waals surface area contributed by atoms with Crippen molar-refractivity contribution in [1.82, 2.24) is 24.7 Å². The number of nitrogens with one attached hydrogen (secondary N) is 2.